The second kappa shape index (κ2) is 9.74. The lowest BCUT2D eigenvalue weighted by Crippen LogP contribution is -2.10. The number of rotatable bonds is 2. The van der Waals surface area contributed by atoms with E-state index in [0.717, 1.165) is 5.69 Å². The zero-order valence-electron chi connectivity index (χ0n) is 12.8. The molecule has 0 atom stereocenters. The molecule has 0 bridgehead atoms. The lowest BCUT2D eigenvalue weighted by Gasteiger charge is -2.02. The van der Waals surface area contributed by atoms with Crippen LogP contribution in [-0.2, 0) is 0 Å². The largest absolute Gasteiger partial charge is 0.322 e. The molecular weight excluding hydrogens is 282 g/mol. The Balaban J connectivity index is 2.29. The van der Waals surface area contributed by atoms with Crippen molar-refractivity contribution in [2.75, 3.05) is 5.32 Å². The molecule has 0 spiro atoms. The summed E-state index contributed by atoms with van der Waals surface area (Å²) in [4.78, 5) is 12.4. The van der Waals surface area contributed by atoms with Gasteiger partial charge in [0.1, 0.15) is 0 Å². The molecule has 2 aromatic carbocycles. The van der Waals surface area contributed by atoms with Crippen LogP contribution in [0.25, 0.3) is 0 Å². The number of carbonyl (C=O) groups is 1. The van der Waals surface area contributed by atoms with E-state index in [2.05, 4.69) is 5.32 Å². The van der Waals surface area contributed by atoms with Gasteiger partial charge in [-0.1, -0.05) is 84.9 Å². The van der Waals surface area contributed by atoms with Crippen molar-refractivity contribution in [3.05, 3.63) is 115 Å². The molecule has 2 rings (SSSR count). The van der Waals surface area contributed by atoms with E-state index in [-0.39, 0.29) is 5.91 Å². The van der Waals surface area contributed by atoms with Crippen LogP contribution in [-0.4, -0.2) is 5.91 Å². The topological polar surface area (TPSA) is 29.1 Å². The third-order valence-corrected chi connectivity index (χ3v) is 2.96. The fourth-order valence-corrected chi connectivity index (χ4v) is 1.83. The van der Waals surface area contributed by atoms with E-state index in [1.165, 1.54) is 0 Å². The van der Waals surface area contributed by atoms with Crippen LogP contribution in [0.4, 0.5) is 5.69 Å². The van der Waals surface area contributed by atoms with Crippen molar-refractivity contribution in [3.8, 4) is 0 Å². The first kappa shape index (κ1) is 16.2. The third kappa shape index (κ3) is 6.44. The molecule has 0 fully saturated rings. The Labute approximate surface area is 137 Å². The number of carbonyl (C=O) groups excluding carboxylic acids is 1. The molecule has 114 valence electrons. The summed E-state index contributed by atoms with van der Waals surface area (Å²) in [6.07, 6.45) is 0. The number of amides is 1. The van der Waals surface area contributed by atoms with Gasteiger partial charge < -0.3 is 5.32 Å². The average molecular weight is 301 g/mol. The molecule has 0 radical (unpaired) electrons. The lowest BCUT2D eigenvalue weighted by molar-refractivity contribution is 0.102. The molecule has 0 aromatic heterocycles. The summed E-state index contributed by atoms with van der Waals surface area (Å²) < 4.78 is 0. The summed E-state index contributed by atoms with van der Waals surface area (Å²) in [5.41, 5.74) is 1.32. The van der Waals surface area contributed by atoms with E-state index < -0.39 is 0 Å². The predicted molar refractivity (Wildman–Crippen MR) is 96.1 cm³/mol. The van der Waals surface area contributed by atoms with Gasteiger partial charge in [0.25, 0.3) is 5.91 Å². The van der Waals surface area contributed by atoms with Crippen molar-refractivity contribution >= 4 is 11.6 Å². The van der Waals surface area contributed by atoms with Crippen molar-refractivity contribution in [2.24, 2.45) is 0 Å². The molecule has 0 saturated heterocycles. The number of nitrogens with one attached hydrogen (secondary N) is 1. The first-order valence-electron chi connectivity index (χ1n) is 7.44. The van der Waals surface area contributed by atoms with Gasteiger partial charge in [-0.2, -0.15) is 0 Å². The molecule has 0 saturated carbocycles. The van der Waals surface area contributed by atoms with E-state index in [9.17, 15) is 4.79 Å². The molecule has 2 aromatic rings. The van der Waals surface area contributed by atoms with E-state index in [1.807, 2.05) is 97.1 Å². The maximum absolute atomic E-state index is 12.4. The second-order valence-corrected chi connectivity index (χ2v) is 4.73. The summed E-state index contributed by atoms with van der Waals surface area (Å²) in [5.74, 6) is -0.148. The summed E-state index contributed by atoms with van der Waals surface area (Å²) >= 11 is 0. The second-order valence-electron chi connectivity index (χ2n) is 4.73. The van der Waals surface area contributed by atoms with Crippen LogP contribution in [0.5, 0.6) is 0 Å². The molecule has 1 N–H and O–H groups in total. The third-order valence-electron chi connectivity index (χ3n) is 2.96. The van der Waals surface area contributed by atoms with Gasteiger partial charge >= 0.3 is 0 Å². The quantitative estimate of drug-likeness (QED) is 0.812. The number of hydrogen-bond donors (Lipinski definition) is 1. The van der Waals surface area contributed by atoms with Gasteiger partial charge in [-0.25, -0.2) is 0 Å². The number of hydrogen-bond acceptors (Lipinski definition) is 1. The molecule has 0 aliphatic rings. The van der Waals surface area contributed by atoms with Crippen molar-refractivity contribution in [1.29, 1.82) is 0 Å². The molecule has 0 unspecified atom stereocenters. The Kier molecular flexibility index (Phi) is 6.88. The fourth-order valence-electron chi connectivity index (χ4n) is 1.83. The van der Waals surface area contributed by atoms with Crippen molar-refractivity contribution in [1.82, 2.24) is 0 Å². The molecule has 1 amide bonds. The standard InChI is InChI=1S/C21H19NO/c23-21(19-15-11-7-3-1-4-8-12-16-19)22-20-17-13-9-5-2-6-10-14-18-20/h1-18H,(H,22,23). The summed E-state index contributed by atoms with van der Waals surface area (Å²) in [5, 5.41) is 2.92. The van der Waals surface area contributed by atoms with Gasteiger partial charge in [0.2, 0.25) is 0 Å². The minimum absolute atomic E-state index is 0.148. The Hall–Kier alpha value is -3.13. The van der Waals surface area contributed by atoms with Gasteiger partial charge in [-0.05, 0) is 24.3 Å². The van der Waals surface area contributed by atoms with Crippen LogP contribution in [0.3, 0.4) is 0 Å². The van der Waals surface area contributed by atoms with E-state index in [4.69, 9.17) is 0 Å². The summed E-state index contributed by atoms with van der Waals surface area (Å²) in [6.45, 7) is 0. The first-order chi connectivity index (χ1) is 11.4. The fraction of sp³-hybridized carbons (Fsp3) is 0. The smallest absolute Gasteiger partial charge is 0.255 e. The highest BCUT2D eigenvalue weighted by atomic mass is 16.1. The molecular formula is C21H19NO. The predicted octanol–water partition coefficient (Wildman–Crippen LogP) is 5.19. The zero-order valence-corrected chi connectivity index (χ0v) is 12.8. The van der Waals surface area contributed by atoms with Crippen LogP contribution in [0.1, 0.15) is 10.4 Å². The molecule has 2 heteroatoms. The lowest BCUT2D eigenvalue weighted by atomic mass is 10.2. The van der Waals surface area contributed by atoms with Crippen LogP contribution >= 0.6 is 0 Å². The highest BCUT2D eigenvalue weighted by Crippen LogP contribution is 2.06. The van der Waals surface area contributed by atoms with Gasteiger partial charge in [0.15, 0.2) is 0 Å². The van der Waals surface area contributed by atoms with Gasteiger partial charge in [-0.3, -0.25) is 4.79 Å². The molecule has 0 aliphatic heterocycles. The SMILES string of the molecule is O=C(Nc1ccccccccc1)c1ccccccccc1. The van der Waals surface area contributed by atoms with E-state index in [1.54, 1.807) is 12.1 Å². The zero-order chi connectivity index (χ0) is 16.2. The Morgan fingerprint density at radius 1 is 0.522 bits per heavy atom. The Bertz CT molecular complexity index is 703. The number of anilines is 1. The molecule has 0 aliphatic carbocycles. The van der Waals surface area contributed by atoms with Crippen LogP contribution in [0, 0.1) is 0 Å². The van der Waals surface area contributed by atoms with Crippen molar-refractivity contribution in [3.63, 3.8) is 0 Å². The maximum atomic E-state index is 12.4. The molecule has 23 heavy (non-hydrogen) atoms. The van der Waals surface area contributed by atoms with Crippen LogP contribution < -0.4 is 5.32 Å². The van der Waals surface area contributed by atoms with Crippen molar-refractivity contribution < 1.29 is 4.79 Å². The minimum Gasteiger partial charge on any atom is -0.322 e. The van der Waals surface area contributed by atoms with Crippen LogP contribution in [0.15, 0.2) is 109 Å². The Morgan fingerprint density at radius 2 is 0.870 bits per heavy atom. The monoisotopic (exact) mass is 301 g/mol. The first-order valence-corrected chi connectivity index (χ1v) is 7.44. The molecule has 2 nitrogen and oxygen atoms in total. The van der Waals surface area contributed by atoms with E-state index in [0.29, 0.717) is 5.56 Å². The van der Waals surface area contributed by atoms with Gasteiger partial charge in [0.05, 0.1) is 0 Å². The minimum atomic E-state index is -0.148. The summed E-state index contributed by atoms with van der Waals surface area (Å²) in [7, 11) is 0. The Morgan fingerprint density at radius 3 is 1.30 bits per heavy atom. The summed E-state index contributed by atoms with van der Waals surface area (Å²) in [6, 6.07) is 34.0. The normalized spacial score (nSPS) is 9.04. The average Bonchev–Trinajstić information content (AvgIpc) is 2.58. The van der Waals surface area contributed by atoms with Crippen LogP contribution in [0.2, 0.25) is 0 Å². The maximum Gasteiger partial charge on any atom is 0.255 e. The molecule has 0 heterocycles. The van der Waals surface area contributed by atoms with Gasteiger partial charge in [-0.15, -0.1) is 0 Å². The highest BCUT2D eigenvalue weighted by molar-refractivity contribution is 6.04. The van der Waals surface area contributed by atoms with Crippen molar-refractivity contribution in [2.45, 2.75) is 0 Å². The van der Waals surface area contributed by atoms with Gasteiger partial charge in [0, 0.05) is 11.3 Å². The highest BCUT2D eigenvalue weighted by Gasteiger charge is 2.02. The van der Waals surface area contributed by atoms with E-state index >= 15 is 0 Å².